The van der Waals surface area contributed by atoms with Crippen LogP contribution >= 0.6 is 0 Å². The zero-order chi connectivity index (χ0) is 14.4. The lowest BCUT2D eigenvalue weighted by Crippen LogP contribution is -2.61. The minimum absolute atomic E-state index is 0.772. The summed E-state index contributed by atoms with van der Waals surface area (Å²) < 4.78 is 25.4. The number of nitrogens with zero attached hydrogens (tertiary/aromatic N) is 1. The topological polar surface area (TPSA) is 40.2 Å². The molecular formula is C12H29NO4Si2. The molecule has 0 amide bonds. The van der Waals surface area contributed by atoms with E-state index in [1.54, 1.807) is 14.2 Å². The van der Waals surface area contributed by atoms with Gasteiger partial charge in [-0.25, -0.2) is 0 Å². The SMILES string of the molecule is CCO[Si](C)(C)CC[Si](OC)(OC)N1CCOCC1. The van der Waals surface area contributed by atoms with Gasteiger partial charge in [-0.05, 0) is 26.1 Å². The third-order valence-electron chi connectivity index (χ3n) is 3.71. The van der Waals surface area contributed by atoms with Crippen LogP contribution < -0.4 is 0 Å². The molecule has 0 atom stereocenters. The molecule has 0 spiro atoms. The molecule has 19 heavy (non-hydrogen) atoms. The summed E-state index contributed by atoms with van der Waals surface area (Å²) in [4.78, 5) is 0. The third kappa shape index (κ3) is 4.93. The van der Waals surface area contributed by atoms with Crippen LogP contribution in [-0.4, -0.2) is 68.7 Å². The normalized spacial score (nSPS) is 18.8. The van der Waals surface area contributed by atoms with E-state index in [1.165, 1.54) is 0 Å². The Morgan fingerprint density at radius 2 is 1.63 bits per heavy atom. The highest BCUT2D eigenvalue weighted by atomic mass is 28.4. The van der Waals surface area contributed by atoms with Gasteiger partial charge in [-0.15, -0.1) is 0 Å². The number of ether oxygens (including phenoxy) is 1. The van der Waals surface area contributed by atoms with Crippen LogP contribution in [0.4, 0.5) is 0 Å². The lowest BCUT2D eigenvalue weighted by Gasteiger charge is -2.41. The van der Waals surface area contributed by atoms with E-state index in [1.807, 2.05) is 0 Å². The molecule has 1 fully saturated rings. The van der Waals surface area contributed by atoms with Gasteiger partial charge < -0.3 is 18.0 Å². The van der Waals surface area contributed by atoms with Gasteiger partial charge in [0, 0.05) is 40.0 Å². The Labute approximate surface area is 119 Å². The molecule has 1 heterocycles. The van der Waals surface area contributed by atoms with E-state index < -0.39 is 17.0 Å². The van der Waals surface area contributed by atoms with E-state index in [-0.39, 0.29) is 0 Å². The molecule has 0 N–H and O–H groups in total. The molecule has 1 aliphatic heterocycles. The standard InChI is InChI=1S/C12H29NO4Si2/c1-6-17-18(4,5)11-12-19(14-2,15-3)13-7-9-16-10-8-13/h6-12H2,1-5H3. The fourth-order valence-electron chi connectivity index (χ4n) is 2.53. The van der Waals surface area contributed by atoms with E-state index in [0.29, 0.717) is 0 Å². The van der Waals surface area contributed by atoms with Crippen molar-refractivity contribution in [3.05, 3.63) is 0 Å². The molecular weight excluding hydrogens is 278 g/mol. The summed E-state index contributed by atoms with van der Waals surface area (Å²) in [5, 5.41) is 0. The molecule has 7 heteroatoms. The van der Waals surface area contributed by atoms with E-state index in [9.17, 15) is 0 Å². The molecule has 5 nitrogen and oxygen atoms in total. The van der Waals surface area contributed by atoms with Gasteiger partial charge in [0.25, 0.3) is 0 Å². The number of hydrogen-bond acceptors (Lipinski definition) is 5. The van der Waals surface area contributed by atoms with Gasteiger partial charge in [-0.1, -0.05) is 0 Å². The van der Waals surface area contributed by atoms with Crippen molar-refractivity contribution in [3.63, 3.8) is 0 Å². The molecule has 0 unspecified atom stereocenters. The van der Waals surface area contributed by atoms with Gasteiger partial charge in [-0.2, -0.15) is 0 Å². The van der Waals surface area contributed by atoms with Crippen LogP contribution in [0, 0.1) is 0 Å². The van der Waals surface area contributed by atoms with Crippen molar-refractivity contribution in [2.24, 2.45) is 0 Å². The summed E-state index contributed by atoms with van der Waals surface area (Å²) >= 11 is 0. The maximum absolute atomic E-state index is 5.91. The Hall–Kier alpha value is 0.234. The molecule has 1 rings (SSSR count). The number of rotatable bonds is 8. The van der Waals surface area contributed by atoms with Crippen molar-refractivity contribution >= 4 is 17.0 Å². The largest absolute Gasteiger partial charge is 0.427 e. The smallest absolute Gasteiger partial charge is 0.418 e. The van der Waals surface area contributed by atoms with Crippen LogP contribution in [0.3, 0.4) is 0 Å². The van der Waals surface area contributed by atoms with Crippen molar-refractivity contribution in [2.45, 2.75) is 32.1 Å². The summed E-state index contributed by atoms with van der Waals surface area (Å²) in [7, 11) is -0.309. The maximum Gasteiger partial charge on any atom is 0.427 e. The molecule has 0 aliphatic carbocycles. The van der Waals surface area contributed by atoms with Crippen LogP contribution in [0.1, 0.15) is 6.92 Å². The zero-order valence-corrected chi connectivity index (χ0v) is 15.0. The first-order valence-corrected chi connectivity index (χ1v) is 12.2. The molecule has 0 aromatic carbocycles. The van der Waals surface area contributed by atoms with Gasteiger partial charge in [0.15, 0.2) is 8.32 Å². The Morgan fingerprint density at radius 3 is 2.11 bits per heavy atom. The number of hydrogen-bond donors (Lipinski definition) is 0. The van der Waals surface area contributed by atoms with Gasteiger partial charge in [0.05, 0.1) is 13.2 Å². The van der Waals surface area contributed by atoms with E-state index in [2.05, 4.69) is 24.6 Å². The van der Waals surface area contributed by atoms with Gasteiger partial charge in [0.2, 0.25) is 0 Å². The molecule has 0 radical (unpaired) electrons. The predicted octanol–water partition coefficient (Wildman–Crippen LogP) is 1.79. The highest BCUT2D eigenvalue weighted by Crippen LogP contribution is 2.25. The first-order chi connectivity index (χ1) is 8.99. The lowest BCUT2D eigenvalue weighted by atomic mass is 10.5. The summed E-state index contributed by atoms with van der Waals surface area (Å²) in [6.45, 7) is 10.7. The summed E-state index contributed by atoms with van der Waals surface area (Å²) in [5.41, 5.74) is 0. The van der Waals surface area contributed by atoms with Crippen molar-refractivity contribution in [1.82, 2.24) is 4.57 Å². The predicted molar refractivity (Wildman–Crippen MR) is 80.9 cm³/mol. The van der Waals surface area contributed by atoms with Crippen LogP contribution in [0.5, 0.6) is 0 Å². The molecule has 0 aromatic rings. The van der Waals surface area contributed by atoms with Gasteiger partial charge >= 0.3 is 8.72 Å². The molecule has 0 bridgehead atoms. The molecule has 1 saturated heterocycles. The molecule has 0 saturated carbocycles. The van der Waals surface area contributed by atoms with Crippen molar-refractivity contribution in [3.8, 4) is 0 Å². The Bertz CT molecular complexity index is 256. The first-order valence-electron chi connectivity index (χ1n) is 7.07. The lowest BCUT2D eigenvalue weighted by molar-refractivity contribution is 0.0405. The fourth-order valence-corrected chi connectivity index (χ4v) is 9.40. The van der Waals surface area contributed by atoms with Crippen LogP contribution in [-0.2, 0) is 18.0 Å². The average Bonchev–Trinajstić information content (AvgIpc) is 2.41. The summed E-state index contributed by atoms with van der Waals surface area (Å²) in [5.74, 6) is 0. The Balaban J connectivity index is 2.64. The van der Waals surface area contributed by atoms with Crippen molar-refractivity contribution in [2.75, 3.05) is 47.1 Å². The second-order valence-electron chi connectivity index (χ2n) is 5.41. The first kappa shape index (κ1) is 17.3. The van der Waals surface area contributed by atoms with E-state index >= 15 is 0 Å². The summed E-state index contributed by atoms with van der Waals surface area (Å²) in [6, 6.07) is 2.05. The van der Waals surface area contributed by atoms with Crippen LogP contribution in [0.25, 0.3) is 0 Å². The Kier molecular flexibility index (Phi) is 7.16. The minimum Gasteiger partial charge on any atom is -0.418 e. The van der Waals surface area contributed by atoms with Gasteiger partial charge in [0.1, 0.15) is 0 Å². The molecule has 1 aliphatic rings. The second kappa shape index (κ2) is 7.87. The van der Waals surface area contributed by atoms with Crippen LogP contribution in [0.2, 0.25) is 25.2 Å². The highest BCUT2D eigenvalue weighted by molar-refractivity contribution is 6.74. The number of morpholine rings is 1. The third-order valence-corrected chi connectivity index (χ3v) is 10.3. The van der Waals surface area contributed by atoms with E-state index in [0.717, 1.165) is 45.0 Å². The monoisotopic (exact) mass is 307 g/mol. The average molecular weight is 308 g/mol. The molecule has 0 aromatic heterocycles. The van der Waals surface area contributed by atoms with Crippen LogP contribution in [0.15, 0.2) is 0 Å². The molecule has 114 valence electrons. The minimum atomic E-state index is -2.27. The van der Waals surface area contributed by atoms with Crippen molar-refractivity contribution < 1.29 is 18.0 Å². The van der Waals surface area contributed by atoms with E-state index in [4.69, 9.17) is 18.0 Å². The Morgan fingerprint density at radius 1 is 1.05 bits per heavy atom. The van der Waals surface area contributed by atoms with Crippen molar-refractivity contribution in [1.29, 1.82) is 0 Å². The second-order valence-corrected chi connectivity index (χ2v) is 13.1. The summed E-state index contributed by atoms with van der Waals surface area (Å²) in [6.07, 6.45) is 0. The maximum atomic E-state index is 5.91. The fraction of sp³-hybridized carbons (Fsp3) is 1.00. The quantitative estimate of drug-likeness (QED) is 0.640. The van der Waals surface area contributed by atoms with Gasteiger partial charge in [-0.3, -0.25) is 4.57 Å². The zero-order valence-electron chi connectivity index (χ0n) is 13.0. The highest BCUT2D eigenvalue weighted by Gasteiger charge is 2.45.